The van der Waals surface area contributed by atoms with Gasteiger partial charge in [-0.05, 0) is 49.3 Å². The lowest BCUT2D eigenvalue weighted by molar-refractivity contribution is 0.0837. The molecule has 2 aliphatic rings. The maximum absolute atomic E-state index is 12.5. The van der Waals surface area contributed by atoms with E-state index in [1.807, 2.05) is 12.1 Å². The Kier molecular flexibility index (Phi) is 3.31. The molecule has 0 saturated heterocycles. The van der Waals surface area contributed by atoms with Crippen LogP contribution < -0.4 is 5.32 Å². The number of benzene rings is 1. The van der Waals surface area contributed by atoms with Gasteiger partial charge < -0.3 is 10.4 Å². The van der Waals surface area contributed by atoms with E-state index in [-0.39, 0.29) is 18.1 Å². The monoisotopic (exact) mass is 259 g/mol. The Morgan fingerprint density at radius 2 is 2.00 bits per heavy atom. The van der Waals surface area contributed by atoms with E-state index in [4.69, 9.17) is 0 Å². The molecule has 102 valence electrons. The molecule has 3 rings (SSSR count). The van der Waals surface area contributed by atoms with Gasteiger partial charge in [-0.25, -0.2) is 0 Å². The highest BCUT2D eigenvalue weighted by Gasteiger charge is 2.35. The van der Waals surface area contributed by atoms with Gasteiger partial charge in [0.25, 0.3) is 5.91 Å². The van der Waals surface area contributed by atoms with Crippen molar-refractivity contribution in [2.75, 3.05) is 6.61 Å². The van der Waals surface area contributed by atoms with Gasteiger partial charge in [0.05, 0.1) is 12.1 Å². The number of hydrogen-bond acceptors (Lipinski definition) is 2. The van der Waals surface area contributed by atoms with Crippen LogP contribution in [-0.2, 0) is 12.8 Å². The third kappa shape index (κ3) is 2.27. The molecule has 0 bridgehead atoms. The molecule has 1 aromatic carbocycles. The highest BCUT2D eigenvalue weighted by molar-refractivity contribution is 5.96. The van der Waals surface area contributed by atoms with E-state index in [0.717, 1.165) is 50.5 Å². The largest absolute Gasteiger partial charge is 0.394 e. The van der Waals surface area contributed by atoms with Crippen LogP contribution in [-0.4, -0.2) is 23.2 Å². The van der Waals surface area contributed by atoms with Crippen molar-refractivity contribution in [3.8, 4) is 0 Å². The molecule has 2 aliphatic carbocycles. The summed E-state index contributed by atoms with van der Waals surface area (Å²) in [6.07, 6.45) is 7.20. The van der Waals surface area contributed by atoms with Crippen molar-refractivity contribution in [3.05, 3.63) is 34.9 Å². The van der Waals surface area contributed by atoms with Crippen LogP contribution in [0.2, 0.25) is 0 Å². The summed E-state index contributed by atoms with van der Waals surface area (Å²) in [6.45, 7) is 0.0494. The Morgan fingerprint density at radius 3 is 2.74 bits per heavy atom. The fraction of sp³-hybridized carbons (Fsp3) is 0.562. The predicted molar refractivity (Wildman–Crippen MR) is 74.2 cm³/mol. The topological polar surface area (TPSA) is 49.3 Å². The molecule has 1 amide bonds. The van der Waals surface area contributed by atoms with Crippen LogP contribution in [0, 0.1) is 0 Å². The van der Waals surface area contributed by atoms with E-state index in [1.165, 1.54) is 11.1 Å². The van der Waals surface area contributed by atoms with E-state index in [9.17, 15) is 9.90 Å². The van der Waals surface area contributed by atoms with Gasteiger partial charge in [-0.1, -0.05) is 25.0 Å². The first kappa shape index (κ1) is 12.7. The third-order valence-electron chi connectivity index (χ3n) is 4.63. The lowest BCUT2D eigenvalue weighted by atomic mass is 9.96. The van der Waals surface area contributed by atoms with Gasteiger partial charge in [0, 0.05) is 5.56 Å². The van der Waals surface area contributed by atoms with Gasteiger partial charge in [-0.15, -0.1) is 0 Å². The van der Waals surface area contributed by atoms with Gasteiger partial charge in [-0.3, -0.25) is 4.79 Å². The van der Waals surface area contributed by atoms with Crippen LogP contribution in [0.15, 0.2) is 18.2 Å². The molecule has 0 radical (unpaired) electrons. The maximum atomic E-state index is 12.5. The van der Waals surface area contributed by atoms with Crippen LogP contribution in [0.4, 0.5) is 0 Å². The molecular formula is C16H21NO2. The number of amides is 1. The molecule has 19 heavy (non-hydrogen) atoms. The number of fused-ring (bicyclic) bond motifs is 1. The minimum Gasteiger partial charge on any atom is -0.394 e. The molecule has 0 spiro atoms. The minimum atomic E-state index is -0.377. The number of aryl methyl sites for hydroxylation is 1. The summed E-state index contributed by atoms with van der Waals surface area (Å²) >= 11 is 0. The predicted octanol–water partition coefficient (Wildman–Crippen LogP) is 2.21. The van der Waals surface area contributed by atoms with E-state index in [0.29, 0.717) is 0 Å². The third-order valence-corrected chi connectivity index (χ3v) is 4.63. The Labute approximate surface area is 114 Å². The summed E-state index contributed by atoms with van der Waals surface area (Å²) in [5.74, 6) is -0.00491. The zero-order chi connectivity index (χ0) is 13.3. The van der Waals surface area contributed by atoms with Crippen LogP contribution in [0.3, 0.4) is 0 Å². The Balaban J connectivity index is 1.83. The van der Waals surface area contributed by atoms with Gasteiger partial charge in [0.15, 0.2) is 0 Å². The second-order valence-electron chi connectivity index (χ2n) is 5.90. The van der Waals surface area contributed by atoms with Gasteiger partial charge in [0.1, 0.15) is 0 Å². The van der Waals surface area contributed by atoms with Crippen LogP contribution in [0.5, 0.6) is 0 Å². The van der Waals surface area contributed by atoms with Crippen molar-refractivity contribution in [2.24, 2.45) is 0 Å². The highest BCUT2D eigenvalue weighted by atomic mass is 16.3. The first-order chi connectivity index (χ1) is 9.24. The molecule has 0 aromatic heterocycles. The van der Waals surface area contributed by atoms with E-state index in [2.05, 4.69) is 11.4 Å². The normalized spacial score (nSPS) is 20.3. The quantitative estimate of drug-likeness (QED) is 0.874. The number of aliphatic hydroxyl groups is 1. The molecule has 1 fully saturated rings. The molecule has 0 aliphatic heterocycles. The second-order valence-corrected chi connectivity index (χ2v) is 5.90. The Morgan fingerprint density at radius 1 is 1.21 bits per heavy atom. The van der Waals surface area contributed by atoms with Crippen LogP contribution in [0.1, 0.15) is 53.6 Å². The summed E-state index contributed by atoms with van der Waals surface area (Å²) in [7, 11) is 0. The van der Waals surface area contributed by atoms with Gasteiger partial charge >= 0.3 is 0 Å². The summed E-state index contributed by atoms with van der Waals surface area (Å²) in [5, 5.41) is 12.7. The maximum Gasteiger partial charge on any atom is 0.252 e. The smallest absolute Gasteiger partial charge is 0.252 e. The zero-order valence-corrected chi connectivity index (χ0v) is 11.2. The highest BCUT2D eigenvalue weighted by Crippen LogP contribution is 2.30. The average molecular weight is 259 g/mol. The molecule has 0 unspecified atom stereocenters. The SMILES string of the molecule is O=C(NC1(CO)CCCC1)c1cccc2c1CCC2. The minimum absolute atomic E-state index is 0.00491. The van der Waals surface area contributed by atoms with E-state index in [1.54, 1.807) is 0 Å². The fourth-order valence-corrected chi connectivity index (χ4v) is 3.52. The number of carbonyl (C=O) groups excluding carboxylic acids is 1. The number of nitrogens with one attached hydrogen (secondary N) is 1. The number of rotatable bonds is 3. The Hall–Kier alpha value is -1.35. The molecule has 0 heterocycles. The first-order valence-corrected chi connectivity index (χ1v) is 7.28. The van der Waals surface area contributed by atoms with Crippen molar-refractivity contribution in [1.29, 1.82) is 0 Å². The van der Waals surface area contributed by atoms with E-state index < -0.39 is 0 Å². The summed E-state index contributed by atoms with van der Waals surface area (Å²) in [6, 6.07) is 6.01. The second kappa shape index (κ2) is 4.97. The molecule has 0 atom stereocenters. The molecule has 1 aromatic rings. The fourth-order valence-electron chi connectivity index (χ4n) is 3.52. The van der Waals surface area contributed by atoms with Crippen molar-refractivity contribution in [1.82, 2.24) is 5.32 Å². The van der Waals surface area contributed by atoms with Crippen LogP contribution in [0.25, 0.3) is 0 Å². The Bertz CT molecular complexity index is 490. The zero-order valence-electron chi connectivity index (χ0n) is 11.2. The van der Waals surface area contributed by atoms with Crippen molar-refractivity contribution in [3.63, 3.8) is 0 Å². The summed E-state index contributed by atoms with van der Waals surface area (Å²) < 4.78 is 0. The molecular weight excluding hydrogens is 238 g/mol. The number of hydrogen-bond donors (Lipinski definition) is 2. The van der Waals surface area contributed by atoms with Crippen molar-refractivity contribution >= 4 is 5.91 Å². The average Bonchev–Trinajstić information content (AvgIpc) is 3.06. The van der Waals surface area contributed by atoms with Crippen molar-refractivity contribution < 1.29 is 9.90 Å². The molecule has 2 N–H and O–H groups in total. The lowest BCUT2D eigenvalue weighted by Crippen LogP contribution is -2.49. The number of carbonyl (C=O) groups is 1. The van der Waals surface area contributed by atoms with Crippen LogP contribution >= 0.6 is 0 Å². The lowest BCUT2D eigenvalue weighted by Gasteiger charge is -2.28. The molecule has 3 heteroatoms. The van der Waals surface area contributed by atoms with Gasteiger partial charge in [0.2, 0.25) is 0 Å². The molecule has 3 nitrogen and oxygen atoms in total. The van der Waals surface area contributed by atoms with Crippen molar-refractivity contribution in [2.45, 2.75) is 50.5 Å². The molecule has 1 saturated carbocycles. The van der Waals surface area contributed by atoms with Gasteiger partial charge in [-0.2, -0.15) is 0 Å². The summed E-state index contributed by atoms with van der Waals surface area (Å²) in [4.78, 5) is 12.5. The number of aliphatic hydroxyl groups excluding tert-OH is 1. The standard InChI is InChI=1S/C16H21NO2/c18-11-16(9-1-2-10-16)17-15(19)14-8-4-6-12-5-3-7-13(12)14/h4,6,8,18H,1-3,5,7,9-11H2,(H,17,19). The first-order valence-electron chi connectivity index (χ1n) is 7.28. The van der Waals surface area contributed by atoms with E-state index >= 15 is 0 Å². The summed E-state index contributed by atoms with van der Waals surface area (Å²) in [5.41, 5.74) is 2.97.